The highest BCUT2D eigenvalue weighted by Gasteiger charge is 2.15. The lowest BCUT2D eigenvalue weighted by Crippen LogP contribution is -2.28. The molecule has 0 fully saturated rings. The first-order valence-corrected chi connectivity index (χ1v) is 17.4. The second kappa shape index (κ2) is 32.9. The number of ether oxygens (including phenoxy) is 2. The van der Waals surface area contributed by atoms with Crippen LogP contribution in [0, 0.1) is 0 Å². The zero-order valence-corrected chi connectivity index (χ0v) is 27.1. The molecule has 0 aromatic carbocycles. The number of hydrogen-bond donors (Lipinski definition) is 1. The van der Waals surface area contributed by atoms with Gasteiger partial charge < -0.3 is 14.6 Å². The van der Waals surface area contributed by atoms with Gasteiger partial charge in [0.05, 0.1) is 6.61 Å². The lowest BCUT2D eigenvalue weighted by atomic mass is 10.0. The Kier molecular flexibility index (Phi) is 31.6. The Bertz CT molecular complexity index is 627. The summed E-state index contributed by atoms with van der Waals surface area (Å²) in [5, 5.41) is 9.50. The van der Waals surface area contributed by atoms with Crippen molar-refractivity contribution < 1.29 is 24.2 Å². The highest BCUT2D eigenvalue weighted by molar-refractivity contribution is 5.70. The van der Waals surface area contributed by atoms with Crippen molar-refractivity contribution in [3.05, 3.63) is 24.3 Å². The van der Waals surface area contributed by atoms with Crippen LogP contribution in [0.5, 0.6) is 0 Å². The molecule has 1 N–H and O–H groups in total. The molecule has 0 saturated carbocycles. The molecule has 0 radical (unpaired) electrons. The van der Waals surface area contributed by atoms with Crippen molar-refractivity contribution in [3.63, 3.8) is 0 Å². The Morgan fingerprint density at radius 3 is 1.54 bits per heavy atom. The van der Waals surface area contributed by atoms with Gasteiger partial charge in [0, 0.05) is 12.8 Å². The Morgan fingerprint density at radius 1 is 0.561 bits per heavy atom. The van der Waals surface area contributed by atoms with Crippen molar-refractivity contribution in [1.82, 2.24) is 0 Å². The van der Waals surface area contributed by atoms with Crippen molar-refractivity contribution in [2.75, 3.05) is 13.2 Å². The minimum atomic E-state index is -0.787. The van der Waals surface area contributed by atoms with Crippen LogP contribution >= 0.6 is 0 Å². The van der Waals surface area contributed by atoms with Crippen LogP contribution in [-0.4, -0.2) is 36.4 Å². The Labute approximate surface area is 253 Å². The van der Waals surface area contributed by atoms with Crippen molar-refractivity contribution in [2.45, 2.75) is 180 Å². The number of aliphatic hydroxyl groups excluding tert-OH is 1. The summed E-state index contributed by atoms with van der Waals surface area (Å²) in [6.07, 6.45) is 36.7. The van der Waals surface area contributed by atoms with Gasteiger partial charge in [-0.25, -0.2) is 0 Å². The van der Waals surface area contributed by atoms with E-state index in [0.29, 0.717) is 12.8 Å². The summed E-state index contributed by atoms with van der Waals surface area (Å²) < 4.78 is 10.5. The Balaban J connectivity index is 3.63. The molecule has 0 heterocycles. The van der Waals surface area contributed by atoms with Crippen LogP contribution in [0.15, 0.2) is 24.3 Å². The fraction of sp³-hybridized carbons (Fsp3) is 0.833. The van der Waals surface area contributed by atoms with E-state index >= 15 is 0 Å². The van der Waals surface area contributed by atoms with E-state index in [1.54, 1.807) is 0 Å². The number of rotatable bonds is 31. The molecule has 1 atom stereocenters. The van der Waals surface area contributed by atoms with Crippen molar-refractivity contribution in [1.29, 1.82) is 0 Å². The maximum atomic E-state index is 12.1. The van der Waals surface area contributed by atoms with Gasteiger partial charge in [0.25, 0.3) is 0 Å². The van der Waals surface area contributed by atoms with Crippen molar-refractivity contribution >= 4 is 11.9 Å². The molecule has 41 heavy (non-hydrogen) atoms. The highest BCUT2D eigenvalue weighted by atomic mass is 16.6. The number of unbranched alkanes of at least 4 members (excludes halogenated alkanes) is 19. The predicted octanol–water partition coefficient (Wildman–Crippen LogP) is 10.3. The normalized spacial score (nSPS) is 12.4. The van der Waals surface area contributed by atoms with Crippen LogP contribution in [0.3, 0.4) is 0 Å². The van der Waals surface area contributed by atoms with Gasteiger partial charge in [-0.1, -0.05) is 154 Å². The summed E-state index contributed by atoms with van der Waals surface area (Å²) in [4.78, 5) is 24.1. The van der Waals surface area contributed by atoms with Crippen LogP contribution in [0.1, 0.15) is 174 Å². The topological polar surface area (TPSA) is 72.8 Å². The van der Waals surface area contributed by atoms with E-state index in [4.69, 9.17) is 9.47 Å². The third-order valence-electron chi connectivity index (χ3n) is 7.51. The van der Waals surface area contributed by atoms with Crippen LogP contribution in [0.2, 0.25) is 0 Å². The molecule has 0 aromatic heterocycles. The summed E-state index contributed by atoms with van der Waals surface area (Å²) in [5.41, 5.74) is 0. The fourth-order valence-electron chi connectivity index (χ4n) is 4.84. The van der Waals surface area contributed by atoms with Gasteiger partial charge in [-0.3, -0.25) is 9.59 Å². The summed E-state index contributed by atoms with van der Waals surface area (Å²) in [7, 11) is 0. The van der Waals surface area contributed by atoms with E-state index in [1.165, 1.54) is 109 Å². The minimum Gasteiger partial charge on any atom is -0.462 e. The summed E-state index contributed by atoms with van der Waals surface area (Å²) in [5.74, 6) is -0.666. The largest absolute Gasteiger partial charge is 0.462 e. The first kappa shape index (κ1) is 39.4. The van der Waals surface area contributed by atoms with Crippen molar-refractivity contribution in [3.8, 4) is 0 Å². The maximum absolute atomic E-state index is 12.1. The van der Waals surface area contributed by atoms with E-state index in [9.17, 15) is 14.7 Å². The average molecular weight is 579 g/mol. The van der Waals surface area contributed by atoms with E-state index in [2.05, 4.69) is 32.1 Å². The molecular weight excluding hydrogens is 512 g/mol. The summed E-state index contributed by atoms with van der Waals surface area (Å²) in [6, 6.07) is 0. The molecule has 0 spiro atoms. The summed E-state index contributed by atoms with van der Waals surface area (Å²) >= 11 is 0. The third kappa shape index (κ3) is 31.2. The van der Waals surface area contributed by atoms with Gasteiger partial charge >= 0.3 is 11.9 Å². The SMILES string of the molecule is CCCCCCCC/C=C/C/C=C/CCC(=O)OCC(CO)OC(=O)CCCCCCCCCCCCCCCC. The molecule has 240 valence electrons. The van der Waals surface area contributed by atoms with Gasteiger partial charge in [0.15, 0.2) is 6.10 Å². The number of aliphatic hydroxyl groups is 1. The highest BCUT2D eigenvalue weighted by Crippen LogP contribution is 2.14. The molecule has 0 aromatic rings. The van der Waals surface area contributed by atoms with E-state index in [0.717, 1.165) is 32.1 Å². The Hall–Kier alpha value is -1.62. The quantitative estimate of drug-likeness (QED) is 0.0503. The lowest BCUT2D eigenvalue weighted by molar-refractivity contribution is -0.161. The van der Waals surface area contributed by atoms with Gasteiger partial charge in [-0.15, -0.1) is 0 Å². The molecule has 0 saturated heterocycles. The number of carbonyl (C=O) groups excluding carboxylic acids is 2. The predicted molar refractivity (Wildman–Crippen MR) is 173 cm³/mol. The molecule has 0 rings (SSSR count). The fourth-order valence-corrected chi connectivity index (χ4v) is 4.84. The van der Waals surface area contributed by atoms with Gasteiger partial charge in [0.1, 0.15) is 6.61 Å². The molecule has 1 unspecified atom stereocenters. The van der Waals surface area contributed by atoms with Crippen LogP contribution in [0.25, 0.3) is 0 Å². The van der Waals surface area contributed by atoms with Crippen LogP contribution < -0.4 is 0 Å². The molecule has 5 nitrogen and oxygen atoms in total. The van der Waals surface area contributed by atoms with Gasteiger partial charge in [-0.2, -0.15) is 0 Å². The van der Waals surface area contributed by atoms with Gasteiger partial charge in [-0.05, 0) is 32.1 Å². The van der Waals surface area contributed by atoms with E-state index in [-0.39, 0.29) is 31.6 Å². The second-order valence-electron chi connectivity index (χ2n) is 11.6. The number of allylic oxidation sites excluding steroid dienone is 4. The molecule has 0 aliphatic carbocycles. The lowest BCUT2D eigenvalue weighted by Gasteiger charge is -2.15. The Morgan fingerprint density at radius 2 is 1.02 bits per heavy atom. The molecular formula is C36H66O5. The van der Waals surface area contributed by atoms with Crippen molar-refractivity contribution in [2.24, 2.45) is 0 Å². The van der Waals surface area contributed by atoms with Gasteiger partial charge in [0.2, 0.25) is 0 Å². The average Bonchev–Trinajstić information content (AvgIpc) is 2.97. The van der Waals surface area contributed by atoms with E-state index in [1.807, 2.05) is 6.08 Å². The maximum Gasteiger partial charge on any atom is 0.306 e. The smallest absolute Gasteiger partial charge is 0.306 e. The standard InChI is InChI=1S/C36H66O5/c1-3-5-7-9-11-13-15-17-19-21-23-25-27-29-31-36(39)41-34(32-37)33-40-35(38)30-28-26-24-22-20-18-16-14-12-10-8-6-4-2/h18,20,24,26,34,37H,3-17,19,21-23,25,27-33H2,1-2H3/b20-18+,26-24+. The first-order chi connectivity index (χ1) is 20.1. The number of hydrogen-bond acceptors (Lipinski definition) is 5. The number of carbonyl (C=O) groups is 2. The molecule has 0 aliphatic rings. The van der Waals surface area contributed by atoms with E-state index < -0.39 is 6.10 Å². The molecule has 0 amide bonds. The van der Waals surface area contributed by atoms with Crippen LogP contribution in [-0.2, 0) is 19.1 Å². The molecule has 0 bridgehead atoms. The van der Waals surface area contributed by atoms with Crippen LogP contribution in [0.4, 0.5) is 0 Å². The zero-order valence-electron chi connectivity index (χ0n) is 27.1. The summed E-state index contributed by atoms with van der Waals surface area (Å²) in [6.45, 7) is 4.07. The molecule has 0 aliphatic heterocycles. The molecule has 5 heteroatoms. The zero-order chi connectivity index (χ0) is 30.1. The number of esters is 2. The monoisotopic (exact) mass is 578 g/mol. The minimum absolute atomic E-state index is 0.0925. The second-order valence-corrected chi connectivity index (χ2v) is 11.6. The third-order valence-corrected chi connectivity index (χ3v) is 7.51. The first-order valence-electron chi connectivity index (χ1n) is 17.4.